The lowest BCUT2D eigenvalue weighted by atomic mass is 9.75. The summed E-state index contributed by atoms with van der Waals surface area (Å²) in [6, 6.07) is 4.99. The van der Waals surface area contributed by atoms with Gasteiger partial charge in [0, 0.05) is 24.7 Å². The highest BCUT2D eigenvalue weighted by Gasteiger charge is 2.34. The van der Waals surface area contributed by atoms with E-state index in [-0.39, 0.29) is 10.8 Å². The van der Waals surface area contributed by atoms with Crippen molar-refractivity contribution in [3.63, 3.8) is 0 Å². The Labute approximate surface area is 175 Å². The van der Waals surface area contributed by atoms with Crippen molar-refractivity contribution in [2.45, 2.75) is 57.8 Å². The second-order valence-electron chi connectivity index (χ2n) is 8.59. The van der Waals surface area contributed by atoms with Gasteiger partial charge in [0.25, 0.3) is 5.91 Å². The van der Waals surface area contributed by atoms with Crippen molar-refractivity contribution in [3.05, 3.63) is 23.8 Å². The summed E-state index contributed by atoms with van der Waals surface area (Å²) in [5, 5.41) is 2.97. The highest BCUT2D eigenvalue weighted by Crippen LogP contribution is 2.32. The predicted octanol–water partition coefficient (Wildman–Crippen LogP) is 2.06. The van der Waals surface area contributed by atoms with Crippen molar-refractivity contribution in [2.75, 3.05) is 38.0 Å². The van der Waals surface area contributed by atoms with E-state index < -0.39 is 10.0 Å². The number of hydrogen-bond donors (Lipinski definition) is 2. The molecule has 1 aromatic carbocycles. The number of hydrogen-bond acceptors (Lipinski definition) is 3. The third kappa shape index (κ3) is 5.19. The summed E-state index contributed by atoms with van der Waals surface area (Å²) < 4.78 is 27.0. The van der Waals surface area contributed by atoms with Crippen LogP contribution in [0.25, 0.3) is 0 Å². The summed E-state index contributed by atoms with van der Waals surface area (Å²) in [4.78, 5) is 14.3. The summed E-state index contributed by atoms with van der Waals surface area (Å²) in [7, 11) is -3.54. The molecule has 1 unspecified atom stereocenters. The minimum absolute atomic E-state index is 0.0326. The van der Waals surface area contributed by atoms with Gasteiger partial charge in [0.15, 0.2) is 6.54 Å². The van der Waals surface area contributed by atoms with Gasteiger partial charge in [-0.3, -0.25) is 4.79 Å². The molecule has 6 nitrogen and oxygen atoms in total. The number of fused-ring (bicyclic) bond motifs is 1. The first-order valence-corrected chi connectivity index (χ1v) is 12.5. The second kappa shape index (κ2) is 9.58. The van der Waals surface area contributed by atoms with Gasteiger partial charge < -0.3 is 10.2 Å². The molecule has 1 saturated heterocycles. The maximum absolute atomic E-state index is 12.8. The van der Waals surface area contributed by atoms with E-state index in [1.54, 1.807) is 18.2 Å². The average Bonchev–Trinajstić information content (AvgIpc) is 2.70. The number of piperidine rings is 1. The number of rotatable bonds is 7. The second-order valence-corrected chi connectivity index (χ2v) is 10.5. The molecule has 2 N–H and O–H groups in total. The molecule has 0 aromatic heterocycles. The lowest BCUT2D eigenvalue weighted by Crippen LogP contribution is -3.15. The Morgan fingerprint density at radius 3 is 2.52 bits per heavy atom. The minimum Gasteiger partial charge on any atom is -0.327 e. The van der Waals surface area contributed by atoms with Crippen molar-refractivity contribution >= 4 is 21.6 Å². The van der Waals surface area contributed by atoms with Crippen LogP contribution in [-0.4, -0.2) is 51.4 Å². The molecular formula is C22H36N3O3S+. The summed E-state index contributed by atoms with van der Waals surface area (Å²) in [6.45, 7) is 9.01. The smallest absolute Gasteiger partial charge is 0.279 e. The molecule has 1 heterocycles. The first kappa shape index (κ1) is 22.2. The number of likely N-dealkylation sites (tertiary alicyclic amines) is 1. The van der Waals surface area contributed by atoms with E-state index in [9.17, 15) is 13.2 Å². The van der Waals surface area contributed by atoms with Gasteiger partial charge in [0.05, 0.1) is 18.0 Å². The SMILES string of the molecule is CCN(CC)S(=O)(=O)c1ccc(C)c(NC(=O)C[NH+]2CC[C@@H]3CCCC[C@@H]3C2)c1. The standard InChI is InChI=1S/C22H35N3O3S/c1-4-25(5-2)29(27,28)20-11-10-17(3)21(14-20)23-22(26)16-24-13-12-18-8-6-7-9-19(18)15-24/h10-11,14,18-19H,4-9,12-13,15-16H2,1-3H3,(H,23,26)/p+1/t18-,19+/m0/s1. The Kier molecular flexibility index (Phi) is 7.35. The number of amides is 1. The van der Waals surface area contributed by atoms with E-state index >= 15 is 0 Å². The molecule has 2 fully saturated rings. The Morgan fingerprint density at radius 2 is 1.83 bits per heavy atom. The van der Waals surface area contributed by atoms with E-state index in [0.29, 0.717) is 25.3 Å². The third-order valence-corrected chi connectivity index (χ3v) is 8.77. The molecule has 0 bridgehead atoms. The molecule has 3 atom stereocenters. The average molecular weight is 423 g/mol. The monoisotopic (exact) mass is 422 g/mol. The Balaban J connectivity index is 1.66. The first-order valence-electron chi connectivity index (χ1n) is 11.1. The van der Waals surface area contributed by atoms with E-state index in [0.717, 1.165) is 30.5 Å². The molecule has 3 rings (SSSR count). The zero-order valence-corrected chi connectivity index (χ0v) is 18.9. The number of carbonyl (C=O) groups excluding carboxylic acids is 1. The molecule has 29 heavy (non-hydrogen) atoms. The largest absolute Gasteiger partial charge is 0.327 e. The molecule has 1 saturated carbocycles. The van der Waals surface area contributed by atoms with Crippen molar-refractivity contribution in [1.29, 1.82) is 0 Å². The molecular weight excluding hydrogens is 386 g/mol. The van der Waals surface area contributed by atoms with Crippen LogP contribution in [-0.2, 0) is 14.8 Å². The predicted molar refractivity (Wildman–Crippen MR) is 116 cm³/mol. The van der Waals surface area contributed by atoms with E-state index in [1.165, 1.54) is 41.3 Å². The van der Waals surface area contributed by atoms with Crippen LogP contribution in [0.1, 0.15) is 51.5 Å². The van der Waals surface area contributed by atoms with Crippen LogP contribution in [0.15, 0.2) is 23.1 Å². The van der Waals surface area contributed by atoms with Crippen LogP contribution >= 0.6 is 0 Å². The maximum Gasteiger partial charge on any atom is 0.279 e. The summed E-state index contributed by atoms with van der Waals surface area (Å²) in [5.41, 5.74) is 1.47. The zero-order chi connectivity index (χ0) is 21.0. The van der Waals surface area contributed by atoms with Gasteiger partial charge in [0.2, 0.25) is 10.0 Å². The fourth-order valence-electron chi connectivity index (χ4n) is 4.99. The van der Waals surface area contributed by atoms with Gasteiger partial charge in [-0.2, -0.15) is 4.31 Å². The Hall–Kier alpha value is -1.44. The van der Waals surface area contributed by atoms with Crippen molar-refractivity contribution < 1.29 is 18.1 Å². The number of aryl methyl sites for hydroxylation is 1. The normalized spacial score (nSPS) is 24.9. The highest BCUT2D eigenvalue weighted by atomic mass is 32.2. The van der Waals surface area contributed by atoms with Gasteiger partial charge in [-0.1, -0.05) is 32.8 Å². The van der Waals surface area contributed by atoms with Crippen molar-refractivity contribution in [2.24, 2.45) is 11.8 Å². The number of benzene rings is 1. The number of nitrogens with one attached hydrogen (secondary N) is 2. The maximum atomic E-state index is 12.8. The van der Waals surface area contributed by atoms with E-state index in [2.05, 4.69) is 5.32 Å². The number of quaternary nitrogens is 1. The molecule has 0 radical (unpaired) electrons. The summed E-state index contributed by atoms with van der Waals surface area (Å²) in [6.07, 6.45) is 6.58. The molecule has 2 aliphatic rings. The quantitative estimate of drug-likeness (QED) is 0.707. The fraction of sp³-hybridized carbons (Fsp3) is 0.682. The van der Waals surface area contributed by atoms with Crippen LogP contribution in [0.5, 0.6) is 0 Å². The number of nitrogens with zero attached hydrogens (tertiary/aromatic N) is 1. The van der Waals surface area contributed by atoms with Crippen LogP contribution < -0.4 is 10.2 Å². The topological polar surface area (TPSA) is 70.9 Å². The van der Waals surface area contributed by atoms with E-state index in [1.807, 2.05) is 20.8 Å². The summed E-state index contributed by atoms with van der Waals surface area (Å²) in [5.74, 6) is 1.60. The van der Waals surface area contributed by atoms with Gasteiger partial charge in [0.1, 0.15) is 0 Å². The van der Waals surface area contributed by atoms with Crippen LogP contribution in [0.3, 0.4) is 0 Å². The molecule has 1 amide bonds. The molecule has 162 valence electrons. The Bertz CT molecular complexity index is 821. The Morgan fingerprint density at radius 1 is 1.14 bits per heavy atom. The number of anilines is 1. The van der Waals surface area contributed by atoms with Crippen LogP contribution in [0, 0.1) is 18.8 Å². The zero-order valence-electron chi connectivity index (χ0n) is 18.0. The number of carbonyl (C=O) groups is 1. The lowest BCUT2D eigenvalue weighted by molar-refractivity contribution is -0.902. The van der Waals surface area contributed by atoms with Gasteiger partial charge in [-0.15, -0.1) is 0 Å². The van der Waals surface area contributed by atoms with Crippen LogP contribution in [0.4, 0.5) is 5.69 Å². The highest BCUT2D eigenvalue weighted by molar-refractivity contribution is 7.89. The molecule has 1 aliphatic heterocycles. The van der Waals surface area contributed by atoms with Crippen molar-refractivity contribution in [3.8, 4) is 0 Å². The van der Waals surface area contributed by atoms with Crippen LogP contribution in [0.2, 0.25) is 0 Å². The first-order chi connectivity index (χ1) is 13.8. The van der Waals surface area contributed by atoms with Gasteiger partial charge >= 0.3 is 0 Å². The van der Waals surface area contributed by atoms with E-state index in [4.69, 9.17) is 0 Å². The molecule has 1 aromatic rings. The van der Waals surface area contributed by atoms with Gasteiger partial charge in [-0.25, -0.2) is 8.42 Å². The summed E-state index contributed by atoms with van der Waals surface area (Å²) >= 11 is 0. The lowest BCUT2D eigenvalue weighted by Gasteiger charge is -2.38. The van der Waals surface area contributed by atoms with Gasteiger partial charge in [-0.05, 0) is 49.8 Å². The molecule has 1 aliphatic carbocycles. The molecule has 0 spiro atoms. The molecule has 7 heteroatoms. The number of sulfonamides is 1. The third-order valence-electron chi connectivity index (χ3n) is 6.72. The minimum atomic E-state index is -3.54. The fourth-order valence-corrected chi connectivity index (χ4v) is 6.47. The van der Waals surface area contributed by atoms with Crippen molar-refractivity contribution in [1.82, 2.24) is 4.31 Å².